The lowest BCUT2D eigenvalue weighted by Gasteiger charge is -2.35. The van der Waals surface area contributed by atoms with Crippen molar-refractivity contribution in [3.63, 3.8) is 0 Å². The average molecular weight is 483 g/mol. The van der Waals surface area contributed by atoms with Gasteiger partial charge in [0.1, 0.15) is 6.17 Å². The number of nitrogens with zero attached hydrogens (tertiary/aromatic N) is 1. The van der Waals surface area contributed by atoms with E-state index in [1.165, 1.54) is 42.8 Å². The van der Waals surface area contributed by atoms with Gasteiger partial charge in [-0.25, -0.2) is 0 Å². The van der Waals surface area contributed by atoms with Crippen LogP contribution in [-0.2, 0) is 5.41 Å². The predicted octanol–water partition coefficient (Wildman–Crippen LogP) is 8.59. The average Bonchev–Trinajstić information content (AvgIpc) is 2.92. The van der Waals surface area contributed by atoms with Crippen LogP contribution >= 0.6 is 11.8 Å². The summed E-state index contributed by atoms with van der Waals surface area (Å²) in [5.74, 6) is 0. The summed E-state index contributed by atoms with van der Waals surface area (Å²) < 4.78 is 0. The number of aliphatic imine (C=N–C) groups is 1. The van der Waals surface area contributed by atoms with Crippen molar-refractivity contribution >= 4 is 33.9 Å². The Morgan fingerprint density at radius 1 is 0.694 bits per heavy atom. The molecule has 0 aromatic heterocycles. The molecule has 2 aliphatic rings. The first-order valence-corrected chi connectivity index (χ1v) is 13.2. The predicted molar refractivity (Wildman–Crippen MR) is 152 cm³/mol. The molecule has 5 aromatic rings. The number of nitrogens with one attached hydrogen (secondary N) is 1. The first-order valence-electron chi connectivity index (χ1n) is 12.4. The maximum Gasteiger partial charge on any atom is 0.145 e. The molecule has 36 heavy (non-hydrogen) atoms. The van der Waals surface area contributed by atoms with Gasteiger partial charge in [0.2, 0.25) is 0 Å². The lowest BCUT2D eigenvalue weighted by molar-refractivity contribution is 0.606. The number of hydrogen-bond donors (Lipinski definition) is 1. The number of fused-ring (bicyclic) bond motifs is 4. The fraction of sp³-hybridized carbons (Fsp3) is 0.121. The largest absolute Gasteiger partial charge is 0.360 e. The SMILES string of the molecule is CC1(C)c2ccccc2Sc2cc(C3N=C(c4cccc5ccccc45)c4ccccc4N3)ccc21. The van der Waals surface area contributed by atoms with E-state index in [0.29, 0.717) is 0 Å². The highest BCUT2D eigenvalue weighted by atomic mass is 32.2. The van der Waals surface area contributed by atoms with E-state index in [1.54, 1.807) is 0 Å². The molecule has 0 bridgehead atoms. The topological polar surface area (TPSA) is 24.4 Å². The van der Waals surface area contributed by atoms with E-state index in [-0.39, 0.29) is 11.6 Å². The number of anilines is 1. The summed E-state index contributed by atoms with van der Waals surface area (Å²) in [4.78, 5) is 8.00. The molecule has 2 heterocycles. The third kappa shape index (κ3) is 3.30. The minimum Gasteiger partial charge on any atom is -0.360 e. The fourth-order valence-electron chi connectivity index (χ4n) is 5.64. The van der Waals surface area contributed by atoms with Crippen molar-refractivity contribution in [2.75, 3.05) is 5.32 Å². The Bertz CT molecular complexity index is 1680. The van der Waals surface area contributed by atoms with Gasteiger partial charge in [0, 0.05) is 32.0 Å². The molecule has 0 saturated heterocycles. The lowest BCUT2D eigenvalue weighted by atomic mass is 9.77. The van der Waals surface area contributed by atoms with Gasteiger partial charge in [-0.1, -0.05) is 117 Å². The van der Waals surface area contributed by atoms with Gasteiger partial charge in [-0.05, 0) is 45.7 Å². The van der Waals surface area contributed by atoms with E-state index >= 15 is 0 Å². The Balaban J connectivity index is 1.37. The van der Waals surface area contributed by atoms with Crippen LogP contribution < -0.4 is 5.32 Å². The van der Waals surface area contributed by atoms with Crippen LogP contribution in [0, 0.1) is 0 Å². The van der Waals surface area contributed by atoms with Crippen LogP contribution in [0.1, 0.15) is 47.8 Å². The van der Waals surface area contributed by atoms with Crippen molar-refractivity contribution in [1.29, 1.82) is 0 Å². The molecule has 0 fully saturated rings. The quantitative estimate of drug-likeness (QED) is 0.272. The second kappa shape index (κ2) is 8.11. The second-order valence-corrected chi connectivity index (χ2v) is 11.2. The Morgan fingerprint density at radius 2 is 1.42 bits per heavy atom. The second-order valence-electron chi connectivity index (χ2n) is 10.1. The minimum absolute atomic E-state index is 0.0281. The first-order chi connectivity index (χ1) is 17.6. The Hall–Kier alpha value is -3.82. The van der Waals surface area contributed by atoms with E-state index in [1.807, 2.05) is 11.8 Å². The van der Waals surface area contributed by atoms with Crippen molar-refractivity contribution in [2.45, 2.75) is 35.2 Å². The smallest absolute Gasteiger partial charge is 0.145 e. The summed E-state index contributed by atoms with van der Waals surface area (Å²) in [7, 11) is 0. The highest BCUT2D eigenvalue weighted by molar-refractivity contribution is 7.99. The van der Waals surface area contributed by atoms with Gasteiger partial charge < -0.3 is 5.32 Å². The number of hydrogen-bond acceptors (Lipinski definition) is 3. The molecule has 2 nitrogen and oxygen atoms in total. The van der Waals surface area contributed by atoms with Crippen LogP contribution in [0.5, 0.6) is 0 Å². The van der Waals surface area contributed by atoms with Crippen molar-refractivity contribution in [1.82, 2.24) is 0 Å². The van der Waals surface area contributed by atoms with E-state index in [9.17, 15) is 0 Å². The monoisotopic (exact) mass is 482 g/mol. The van der Waals surface area contributed by atoms with Gasteiger partial charge in [-0.15, -0.1) is 0 Å². The zero-order valence-corrected chi connectivity index (χ0v) is 21.1. The molecule has 1 unspecified atom stereocenters. The molecule has 0 radical (unpaired) electrons. The zero-order valence-electron chi connectivity index (χ0n) is 20.3. The molecule has 3 heteroatoms. The van der Waals surface area contributed by atoms with Gasteiger partial charge in [-0.3, -0.25) is 4.99 Å². The Morgan fingerprint density at radius 3 is 2.36 bits per heavy atom. The maximum atomic E-state index is 5.34. The van der Waals surface area contributed by atoms with Crippen LogP contribution in [0.15, 0.2) is 124 Å². The Kier molecular flexibility index (Phi) is 4.83. The van der Waals surface area contributed by atoms with Gasteiger partial charge in [0.25, 0.3) is 0 Å². The minimum atomic E-state index is -0.153. The molecule has 1 atom stereocenters. The summed E-state index contributed by atoms with van der Waals surface area (Å²) in [6.45, 7) is 4.66. The molecule has 0 saturated carbocycles. The van der Waals surface area contributed by atoms with E-state index in [2.05, 4.69) is 128 Å². The number of para-hydroxylation sites is 1. The molecule has 0 spiro atoms. The fourth-order valence-corrected chi connectivity index (χ4v) is 7.09. The maximum absolute atomic E-state index is 5.34. The van der Waals surface area contributed by atoms with Crippen molar-refractivity contribution in [3.8, 4) is 0 Å². The van der Waals surface area contributed by atoms with E-state index in [4.69, 9.17) is 4.99 Å². The normalized spacial score (nSPS) is 17.4. The number of benzene rings is 5. The Labute approximate surface area is 216 Å². The lowest BCUT2D eigenvalue weighted by Crippen LogP contribution is -2.24. The van der Waals surface area contributed by atoms with Crippen LogP contribution in [0.2, 0.25) is 0 Å². The van der Waals surface area contributed by atoms with Gasteiger partial charge in [0.15, 0.2) is 0 Å². The highest BCUT2D eigenvalue weighted by Gasteiger charge is 2.33. The molecule has 0 amide bonds. The third-order valence-corrected chi connectivity index (χ3v) is 8.69. The van der Waals surface area contributed by atoms with Crippen LogP contribution in [-0.4, -0.2) is 5.71 Å². The van der Waals surface area contributed by atoms with E-state index in [0.717, 1.165) is 17.0 Å². The first kappa shape index (κ1) is 21.5. The number of rotatable bonds is 2. The van der Waals surface area contributed by atoms with Crippen molar-refractivity contribution < 1.29 is 0 Å². The van der Waals surface area contributed by atoms with Crippen LogP contribution in [0.3, 0.4) is 0 Å². The molecule has 7 rings (SSSR count). The van der Waals surface area contributed by atoms with Crippen molar-refractivity contribution in [3.05, 3.63) is 137 Å². The molecule has 2 aliphatic heterocycles. The summed E-state index contributed by atoms with van der Waals surface area (Å²) in [5.41, 5.74) is 8.42. The zero-order chi connectivity index (χ0) is 24.3. The molecule has 5 aromatic carbocycles. The molecule has 174 valence electrons. The summed E-state index contributed by atoms with van der Waals surface area (Å²) in [6.07, 6.45) is -0.153. The highest BCUT2D eigenvalue weighted by Crippen LogP contribution is 2.49. The van der Waals surface area contributed by atoms with Crippen LogP contribution in [0.25, 0.3) is 10.8 Å². The van der Waals surface area contributed by atoms with Crippen molar-refractivity contribution in [2.24, 2.45) is 4.99 Å². The third-order valence-electron chi connectivity index (χ3n) is 7.55. The van der Waals surface area contributed by atoms with Crippen LogP contribution in [0.4, 0.5) is 5.69 Å². The molecular formula is C33H26N2S. The van der Waals surface area contributed by atoms with Gasteiger partial charge in [0.05, 0.1) is 5.71 Å². The summed E-state index contributed by atoms with van der Waals surface area (Å²) >= 11 is 1.87. The summed E-state index contributed by atoms with van der Waals surface area (Å²) in [5, 5.41) is 6.17. The standard InChI is InChI=1S/C33H26N2S/c1-33(2)26-15-6-8-17-29(26)36-30-20-22(18-19-27(30)33)32-34-28-16-7-5-13-25(28)31(35-32)24-14-9-11-21-10-3-4-12-23(21)24/h3-20,32,34H,1-2H3. The van der Waals surface area contributed by atoms with Gasteiger partial charge in [-0.2, -0.15) is 0 Å². The molecule has 1 N–H and O–H groups in total. The molecule has 0 aliphatic carbocycles. The molecular weight excluding hydrogens is 456 g/mol. The van der Waals surface area contributed by atoms with Gasteiger partial charge >= 0.3 is 0 Å². The van der Waals surface area contributed by atoms with E-state index < -0.39 is 0 Å². The summed E-state index contributed by atoms with van der Waals surface area (Å²) in [6, 6.07) is 39.3.